The third-order valence-electron chi connectivity index (χ3n) is 9.81. The zero-order valence-corrected chi connectivity index (χ0v) is 29.4. The predicted molar refractivity (Wildman–Crippen MR) is 185 cm³/mol. The number of unbranched alkanes of at least 4 members (excludes halogenated alkanes) is 3. The second kappa shape index (κ2) is 18.1. The van der Waals surface area contributed by atoms with Gasteiger partial charge in [0.25, 0.3) is 0 Å². The summed E-state index contributed by atoms with van der Waals surface area (Å²) in [6, 6.07) is 10.5. The van der Waals surface area contributed by atoms with Crippen molar-refractivity contribution in [2.24, 2.45) is 11.8 Å². The molecule has 1 saturated carbocycles. The fourth-order valence-corrected chi connectivity index (χ4v) is 7.20. The van der Waals surface area contributed by atoms with Crippen LogP contribution in [0.15, 0.2) is 36.4 Å². The number of carbonyl (C=O) groups is 1. The highest BCUT2D eigenvalue weighted by molar-refractivity contribution is 5.76. The number of fused-ring (bicyclic) bond motifs is 3. The largest absolute Gasteiger partial charge is 0.497 e. The van der Waals surface area contributed by atoms with E-state index in [1.165, 1.54) is 39.9 Å². The maximum absolute atomic E-state index is 12.9. The maximum Gasteiger partial charge on any atom is 0.311 e. The van der Waals surface area contributed by atoms with Gasteiger partial charge in [-0.25, -0.2) is 0 Å². The second-order valence-electron chi connectivity index (χ2n) is 12.8. The van der Waals surface area contributed by atoms with Gasteiger partial charge in [-0.3, -0.25) is 4.79 Å². The molecule has 2 aliphatic rings. The number of carbonyl (C=O) groups excluding carboxylic acids is 1. The summed E-state index contributed by atoms with van der Waals surface area (Å²) in [7, 11) is 4.33. The van der Waals surface area contributed by atoms with Gasteiger partial charge < -0.3 is 49.8 Å². The average molecular weight is 672 g/mol. The number of hydrogen-bond donors (Lipinski definition) is 5. The predicted octanol–water partition coefficient (Wildman–Crippen LogP) is 3.88. The highest BCUT2D eigenvalue weighted by Gasteiger charge is 2.77. The summed E-state index contributed by atoms with van der Waals surface area (Å²) in [4.78, 5) is 12.9. The van der Waals surface area contributed by atoms with E-state index >= 15 is 0 Å². The van der Waals surface area contributed by atoms with Crippen LogP contribution < -0.4 is 34.9 Å². The molecule has 0 unspecified atom stereocenters. The lowest BCUT2D eigenvalue weighted by Gasteiger charge is -2.39. The molecule has 0 aromatic heterocycles. The zero-order chi connectivity index (χ0) is 34.6. The Labute approximate surface area is 286 Å². The van der Waals surface area contributed by atoms with Gasteiger partial charge in [0.2, 0.25) is 0 Å². The normalized spacial score (nSPS) is 24.1. The third kappa shape index (κ3) is 7.86. The summed E-state index contributed by atoms with van der Waals surface area (Å²) < 4.78 is 28.9. The fourth-order valence-electron chi connectivity index (χ4n) is 7.20. The number of aliphatic hydroxyl groups excluding tert-OH is 1. The summed E-state index contributed by atoms with van der Waals surface area (Å²) in [6.45, 7) is 10.7. The second-order valence-corrected chi connectivity index (χ2v) is 12.8. The van der Waals surface area contributed by atoms with E-state index in [2.05, 4.69) is 22.9 Å². The number of hydrogen-bond acceptors (Lipinski definition) is 11. The van der Waals surface area contributed by atoms with E-state index in [-0.39, 0.29) is 5.56 Å². The molecule has 1 heterocycles. The first-order valence-electron chi connectivity index (χ1n) is 17.6. The summed E-state index contributed by atoms with van der Waals surface area (Å²) in [5.74, 6) is -0.567. The molecular formula is C37H57N3O8. The zero-order valence-electron chi connectivity index (χ0n) is 29.4. The minimum Gasteiger partial charge on any atom is -0.497 e. The molecule has 1 aliphatic heterocycles. The van der Waals surface area contributed by atoms with Crippen LogP contribution in [0.25, 0.3) is 0 Å². The Morgan fingerprint density at radius 3 is 2.02 bits per heavy atom. The SMILES string of the molecule is CCCCNCCCCNCCCNCCCCOc1cc(OC)c2c(c1)O[C@@]1(c3ccc(OC)cc3)[C@H](C)[C@@H](C(=O)OC)[C@@H](O)[C@@]21O. The van der Waals surface area contributed by atoms with Crippen LogP contribution in [-0.4, -0.2) is 89.5 Å². The topological polar surface area (TPSA) is 140 Å². The van der Waals surface area contributed by atoms with Crippen LogP contribution in [0.5, 0.6) is 23.0 Å². The Balaban J connectivity index is 1.30. The van der Waals surface area contributed by atoms with Gasteiger partial charge in [-0.2, -0.15) is 0 Å². The number of esters is 1. The van der Waals surface area contributed by atoms with E-state index in [9.17, 15) is 15.0 Å². The van der Waals surface area contributed by atoms with Crippen molar-refractivity contribution in [3.63, 3.8) is 0 Å². The van der Waals surface area contributed by atoms with Gasteiger partial charge in [0.15, 0.2) is 11.2 Å². The third-order valence-corrected chi connectivity index (χ3v) is 9.81. The van der Waals surface area contributed by atoms with E-state index in [1.807, 2.05) is 0 Å². The van der Waals surface area contributed by atoms with Crippen molar-refractivity contribution in [2.45, 2.75) is 76.1 Å². The van der Waals surface area contributed by atoms with Gasteiger partial charge in [-0.05, 0) is 95.5 Å². The molecule has 0 radical (unpaired) electrons. The lowest BCUT2D eigenvalue weighted by Crippen LogP contribution is -2.52. The Hall–Kier alpha value is -3.09. The Kier molecular flexibility index (Phi) is 14.2. The van der Waals surface area contributed by atoms with Crippen LogP contribution in [0.1, 0.15) is 69.9 Å². The molecule has 4 rings (SSSR count). The maximum atomic E-state index is 12.9. The number of ether oxygens (including phenoxy) is 5. The van der Waals surface area contributed by atoms with Gasteiger partial charge in [0.1, 0.15) is 29.1 Å². The van der Waals surface area contributed by atoms with E-state index < -0.39 is 35.1 Å². The molecule has 0 amide bonds. The monoisotopic (exact) mass is 671 g/mol. The molecule has 48 heavy (non-hydrogen) atoms. The first kappa shape index (κ1) is 37.7. The lowest BCUT2D eigenvalue weighted by atomic mass is 9.73. The van der Waals surface area contributed by atoms with E-state index in [0.29, 0.717) is 35.2 Å². The lowest BCUT2D eigenvalue weighted by molar-refractivity contribution is -0.162. The molecule has 11 nitrogen and oxygen atoms in total. The highest BCUT2D eigenvalue weighted by atomic mass is 16.6. The number of nitrogens with one attached hydrogen (secondary N) is 3. The molecule has 2 aromatic rings. The van der Waals surface area contributed by atoms with Crippen LogP contribution in [-0.2, 0) is 20.7 Å². The fraction of sp³-hybridized carbons (Fsp3) is 0.649. The molecule has 0 saturated heterocycles. The average Bonchev–Trinajstić information content (AvgIpc) is 3.47. The van der Waals surface area contributed by atoms with Crippen LogP contribution >= 0.6 is 0 Å². The van der Waals surface area contributed by atoms with Crippen LogP contribution in [0, 0.1) is 11.8 Å². The number of aliphatic hydroxyl groups is 2. The quantitative estimate of drug-likeness (QED) is 0.0921. The van der Waals surface area contributed by atoms with Crippen molar-refractivity contribution >= 4 is 5.97 Å². The molecule has 268 valence electrons. The highest BCUT2D eigenvalue weighted by Crippen LogP contribution is 2.67. The van der Waals surface area contributed by atoms with Crippen LogP contribution in [0.2, 0.25) is 0 Å². The molecule has 5 N–H and O–H groups in total. The van der Waals surface area contributed by atoms with Crippen LogP contribution in [0.4, 0.5) is 0 Å². The molecule has 5 atom stereocenters. The van der Waals surface area contributed by atoms with Crippen molar-refractivity contribution in [3.8, 4) is 23.0 Å². The van der Waals surface area contributed by atoms with E-state index in [0.717, 1.165) is 58.5 Å². The number of methoxy groups -OCH3 is 3. The van der Waals surface area contributed by atoms with Crippen molar-refractivity contribution in [2.75, 3.05) is 67.2 Å². The summed E-state index contributed by atoms with van der Waals surface area (Å²) >= 11 is 0. The van der Waals surface area contributed by atoms with Crippen molar-refractivity contribution < 1.29 is 38.7 Å². The molecular weight excluding hydrogens is 614 g/mol. The smallest absolute Gasteiger partial charge is 0.311 e. The molecule has 0 spiro atoms. The van der Waals surface area contributed by atoms with Crippen LogP contribution in [0.3, 0.4) is 0 Å². The van der Waals surface area contributed by atoms with Crippen molar-refractivity contribution in [1.29, 1.82) is 0 Å². The molecule has 0 bridgehead atoms. The first-order chi connectivity index (χ1) is 23.3. The van der Waals surface area contributed by atoms with E-state index in [4.69, 9.17) is 23.7 Å². The molecule has 11 heteroatoms. The summed E-state index contributed by atoms with van der Waals surface area (Å²) in [5, 5.41) is 34.7. The molecule has 2 aromatic carbocycles. The Bertz CT molecular complexity index is 1290. The Morgan fingerprint density at radius 2 is 1.44 bits per heavy atom. The van der Waals surface area contributed by atoms with Gasteiger partial charge in [0, 0.05) is 18.1 Å². The first-order valence-corrected chi connectivity index (χ1v) is 17.6. The Morgan fingerprint density at radius 1 is 0.833 bits per heavy atom. The van der Waals surface area contributed by atoms with Gasteiger partial charge >= 0.3 is 5.97 Å². The van der Waals surface area contributed by atoms with Gasteiger partial charge in [0.05, 0.1) is 39.4 Å². The standard InChI is InChI=1S/C37H57N3O8/c1-6-7-17-38-18-8-9-19-39-21-12-22-40-20-10-11-23-47-29-24-30(45-4)33-31(25-29)48-37(27-13-15-28(44-3)16-14-27)26(2)32(35(42)46-5)34(41)36(33,37)43/h13-16,24-26,32,34,38-41,43H,6-12,17-23H2,1-5H3/t26-,32-,34-,36+,37-/m1/s1. The summed E-state index contributed by atoms with van der Waals surface area (Å²) in [5.41, 5.74) is -2.68. The van der Waals surface area contributed by atoms with Gasteiger partial charge in [-0.1, -0.05) is 32.4 Å². The number of rotatable bonds is 22. The minimum absolute atomic E-state index is 0.275. The minimum atomic E-state index is -2.02. The molecule has 1 fully saturated rings. The number of benzene rings is 2. The van der Waals surface area contributed by atoms with Crippen molar-refractivity contribution in [3.05, 3.63) is 47.5 Å². The summed E-state index contributed by atoms with van der Waals surface area (Å²) in [6.07, 6.45) is 6.31. The van der Waals surface area contributed by atoms with E-state index in [1.54, 1.807) is 50.4 Å². The van der Waals surface area contributed by atoms with Crippen molar-refractivity contribution in [1.82, 2.24) is 16.0 Å². The molecule has 1 aliphatic carbocycles. The van der Waals surface area contributed by atoms with Gasteiger partial charge in [-0.15, -0.1) is 0 Å².